The lowest BCUT2D eigenvalue weighted by molar-refractivity contribution is 0.0844. The van der Waals surface area contributed by atoms with E-state index < -0.39 is 11.8 Å². The Bertz CT molecular complexity index is 1020. The van der Waals surface area contributed by atoms with Crippen LogP contribution in [0.5, 0.6) is 11.5 Å². The normalized spacial score (nSPS) is 10.8. The second-order valence-electron chi connectivity index (χ2n) is 6.71. The highest BCUT2D eigenvalue weighted by atomic mass is 16.5. The standard InChI is InChI=1S/C21H23N3O4/c1-12(2)28-18-8-7-15(11-19(18)27-4)20(25)23-24-21(26)17-10-14-6-5-13(3)9-16(14)22-17/h5-12,22H,1-4H3,(H,23,25)(H,24,26). The number of hydrogen-bond acceptors (Lipinski definition) is 4. The average Bonchev–Trinajstić information content (AvgIpc) is 3.08. The third-order valence-electron chi connectivity index (χ3n) is 4.10. The number of aromatic amines is 1. The molecule has 2 aromatic carbocycles. The number of hydrogen-bond donors (Lipinski definition) is 3. The van der Waals surface area contributed by atoms with Gasteiger partial charge in [0.25, 0.3) is 11.8 Å². The van der Waals surface area contributed by atoms with Crippen LogP contribution in [-0.2, 0) is 0 Å². The van der Waals surface area contributed by atoms with Gasteiger partial charge >= 0.3 is 0 Å². The number of ether oxygens (including phenoxy) is 2. The van der Waals surface area contributed by atoms with Crippen LogP contribution in [0.25, 0.3) is 10.9 Å². The molecule has 7 heteroatoms. The van der Waals surface area contributed by atoms with E-state index in [4.69, 9.17) is 9.47 Å². The number of aryl methyl sites for hydroxylation is 1. The Morgan fingerprint density at radius 1 is 0.964 bits per heavy atom. The Hall–Kier alpha value is -3.48. The average molecular weight is 381 g/mol. The van der Waals surface area contributed by atoms with Crippen molar-refractivity contribution in [2.75, 3.05) is 7.11 Å². The molecule has 0 fully saturated rings. The Kier molecular flexibility index (Phi) is 5.54. The van der Waals surface area contributed by atoms with Crippen molar-refractivity contribution in [2.24, 2.45) is 0 Å². The Morgan fingerprint density at radius 2 is 1.71 bits per heavy atom. The molecule has 1 aromatic heterocycles. The third kappa shape index (κ3) is 4.25. The van der Waals surface area contributed by atoms with E-state index in [1.807, 2.05) is 39.0 Å². The lowest BCUT2D eigenvalue weighted by atomic mass is 10.2. The van der Waals surface area contributed by atoms with E-state index >= 15 is 0 Å². The summed E-state index contributed by atoms with van der Waals surface area (Å²) in [5.74, 6) is 0.0914. The van der Waals surface area contributed by atoms with Crippen LogP contribution in [0.3, 0.4) is 0 Å². The van der Waals surface area contributed by atoms with Gasteiger partial charge in [-0.05, 0) is 56.7 Å². The monoisotopic (exact) mass is 381 g/mol. The van der Waals surface area contributed by atoms with Crippen LogP contribution in [0.1, 0.15) is 40.3 Å². The molecule has 1 heterocycles. The van der Waals surface area contributed by atoms with Crippen molar-refractivity contribution in [1.82, 2.24) is 15.8 Å². The Balaban J connectivity index is 1.68. The molecule has 0 spiro atoms. The van der Waals surface area contributed by atoms with Crippen molar-refractivity contribution in [3.8, 4) is 11.5 Å². The highest BCUT2D eigenvalue weighted by molar-refractivity contribution is 6.01. The molecule has 0 unspecified atom stereocenters. The van der Waals surface area contributed by atoms with Crippen LogP contribution in [-0.4, -0.2) is 30.0 Å². The quantitative estimate of drug-likeness (QED) is 0.591. The molecule has 0 aliphatic carbocycles. The van der Waals surface area contributed by atoms with Crippen LogP contribution in [0.15, 0.2) is 42.5 Å². The smallest absolute Gasteiger partial charge is 0.286 e. The number of nitrogens with one attached hydrogen (secondary N) is 3. The summed E-state index contributed by atoms with van der Waals surface area (Å²) in [5.41, 5.74) is 7.47. The fourth-order valence-electron chi connectivity index (χ4n) is 2.78. The maximum Gasteiger partial charge on any atom is 0.286 e. The first-order chi connectivity index (χ1) is 13.4. The van der Waals surface area contributed by atoms with Crippen LogP contribution in [0.4, 0.5) is 0 Å². The van der Waals surface area contributed by atoms with Gasteiger partial charge in [-0.1, -0.05) is 12.1 Å². The lowest BCUT2D eigenvalue weighted by Gasteiger charge is -2.14. The van der Waals surface area contributed by atoms with Gasteiger partial charge in [-0.25, -0.2) is 0 Å². The number of H-pyrrole nitrogens is 1. The molecule has 7 nitrogen and oxygen atoms in total. The number of rotatable bonds is 5. The van der Waals surface area contributed by atoms with Gasteiger partial charge in [-0.2, -0.15) is 0 Å². The van der Waals surface area contributed by atoms with Crippen molar-refractivity contribution in [3.63, 3.8) is 0 Å². The van der Waals surface area contributed by atoms with Crippen molar-refractivity contribution < 1.29 is 19.1 Å². The summed E-state index contributed by atoms with van der Waals surface area (Å²) in [5, 5.41) is 0.924. The fourth-order valence-corrected chi connectivity index (χ4v) is 2.78. The van der Waals surface area contributed by atoms with Gasteiger partial charge in [0.05, 0.1) is 13.2 Å². The summed E-state index contributed by atoms with van der Waals surface area (Å²) in [6.45, 7) is 5.79. The SMILES string of the molecule is COc1cc(C(=O)NNC(=O)c2cc3ccc(C)cc3[nH]2)ccc1OC(C)C. The molecule has 0 bridgehead atoms. The molecule has 0 aliphatic rings. The number of aromatic nitrogens is 1. The predicted octanol–water partition coefficient (Wildman–Crippen LogP) is 3.35. The number of fused-ring (bicyclic) bond motifs is 1. The number of carbonyl (C=O) groups is 2. The fraction of sp³-hybridized carbons (Fsp3) is 0.238. The molecule has 3 rings (SSSR count). The summed E-state index contributed by atoms with van der Waals surface area (Å²) >= 11 is 0. The van der Waals surface area contributed by atoms with Gasteiger partial charge in [0, 0.05) is 16.5 Å². The predicted molar refractivity (Wildman–Crippen MR) is 107 cm³/mol. The number of benzene rings is 2. The zero-order chi connectivity index (χ0) is 20.3. The highest BCUT2D eigenvalue weighted by Gasteiger charge is 2.14. The third-order valence-corrected chi connectivity index (χ3v) is 4.10. The van der Waals surface area contributed by atoms with E-state index in [1.54, 1.807) is 24.3 Å². The van der Waals surface area contributed by atoms with Crippen molar-refractivity contribution in [1.29, 1.82) is 0 Å². The van der Waals surface area contributed by atoms with Gasteiger partial charge in [-0.3, -0.25) is 20.4 Å². The minimum Gasteiger partial charge on any atom is -0.493 e. The second kappa shape index (κ2) is 8.04. The van der Waals surface area contributed by atoms with E-state index in [9.17, 15) is 9.59 Å². The van der Waals surface area contributed by atoms with Gasteiger partial charge in [0.2, 0.25) is 0 Å². The molecule has 0 saturated heterocycles. The summed E-state index contributed by atoms with van der Waals surface area (Å²) in [7, 11) is 1.50. The minimum atomic E-state index is -0.463. The van der Waals surface area contributed by atoms with E-state index in [-0.39, 0.29) is 6.10 Å². The Morgan fingerprint density at radius 3 is 2.43 bits per heavy atom. The summed E-state index contributed by atoms with van der Waals surface area (Å²) in [4.78, 5) is 27.7. The van der Waals surface area contributed by atoms with Crippen molar-refractivity contribution >= 4 is 22.7 Å². The van der Waals surface area contributed by atoms with E-state index in [0.29, 0.717) is 22.8 Å². The zero-order valence-electron chi connectivity index (χ0n) is 16.3. The van der Waals surface area contributed by atoms with E-state index in [2.05, 4.69) is 15.8 Å². The first-order valence-electron chi connectivity index (χ1n) is 8.92. The zero-order valence-corrected chi connectivity index (χ0v) is 16.3. The van der Waals surface area contributed by atoms with Gasteiger partial charge in [0.15, 0.2) is 11.5 Å². The number of amides is 2. The number of carbonyl (C=O) groups excluding carboxylic acids is 2. The maximum atomic E-state index is 12.4. The molecule has 0 radical (unpaired) electrons. The summed E-state index contributed by atoms with van der Waals surface area (Å²) in [6, 6.07) is 12.4. The second-order valence-corrected chi connectivity index (χ2v) is 6.71. The molecule has 3 aromatic rings. The maximum absolute atomic E-state index is 12.4. The number of hydrazine groups is 1. The largest absolute Gasteiger partial charge is 0.493 e. The van der Waals surface area contributed by atoms with Crippen LogP contribution in [0, 0.1) is 6.92 Å². The molecule has 0 atom stereocenters. The topological polar surface area (TPSA) is 92.5 Å². The molecule has 2 amide bonds. The highest BCUT2D eigenvalue weighted by Crippen LogP contribution is 2.28. The molecular weight excluding hydrogens is 358 g/mol. The van der Waals surface area contributed by atoms with Crippen LogP contribution in [0.2, 0.25) is 0 Å². The number of methoxy groups -OCH3 is 1. The molecular formula is C21H23N3O4. The molecule has 3 N–H and O–H groups in total. The molecule has 0 saturated carbocycles. The molecule has 28 heavy (non-hydrogen) atoms. The van der Waals surface area contributed by atoms with Gasteiger partial charge in [0.1, 0.15) is 5.69 Å². The van der Waals surface area contributed by atoms with E-state index in [1.165, 1.54) is 7.11 Å². The van der Waals surface area contributed by atoms with Gasteiger partial charge in [-0.15, -0.1) is 0 Å². The minimum absolute atomic E-state index is 0.0204. The van der Waals surface area contributed by atoms with Crippen molar-refractivity contribution in [2.45, 2.75) is 26.9 Å². The molecule has 0 aliphatic heterocycles. The van der Waals surface area contributed by atoms with E-state index in [0.717, 1.165) is 16.5 Å². The summed E-state index contributed by atoms with van der Waals surface area (Å²) in [6.07, 6.45) is -0.0204. The first kappa shape index (κ1) is 19.3. The van der Waals surface area contributed by atoms with Crippen LogP contribution >= 0.6 is 0 Å². The lowest BCUT2D eigenvalue weighted by Crippen LogP contribution is -2.41. The molecule has 146 valence electrons. The van der Waals surface area contributed by atoms with Crippen molar-refractivity contribution in [3.05, 3.63) is 59.3 Å². The first-order valence-corrected chi connectivity index (χ1v) is 8.92. The summed E-state index contributed by atoms with van der Waals surface area (Å²) < 4.78 is 10.9. The van der Waals surface area contributed by atoms with Crippen LogP contribution < -0.4 is 20.3 Å². The Labute approximate surface area is 163 Å². The van der Waals surface area contributed by atoms with Gasteiger partial charge < -0.3 is 14.5 Å².